The molecule has 0 atom stereocenters. The van der Waals surface area contributed by atoms with Crippen LogP contribution in [-0.2, 0) is 16.1 Å². The number of carbonyl (C=O) groups excluding carboxylic acids is 1. The maximum atomic E-state index is 11.5. The summed E-state index contributed by atoms with van der Waals surface area (Å²) in [7, 11) is 1.47. The van der Waals surface area contributed by atoms with Gasteiger partial charge in [-0.3, -0.25) is 9.69 Å². The number of nitrogens with one attached hydrogen (secondary N) is 1. The predicted octanol–water partition coefficient (Wildman–Crippen LogP) is 2.29. The van der Waals surface area contributed by atoms with Crippen molar-refractivity contribution in [3.05, 3.63) is 23.9 Å². The van der Waals surface area contributed by atoms with E-state index in [0.717, 1.165) is 51.3 Å². The van der Waals surface area contributed by atoms with Crippen molar-refractivity contribution in [2.45, 2.75) is 32.7 Å². The fourth-order valence-corrected chi connectivity index (χ4v) is 2.67. The second kappa shape index (κ2) is 7.98. The van der Waals surface area contributed by atoms with Gasteiger partial charge in [0.25, 0.3) is 0 Å². The van der Waals surface area contributed by atoms with Crippen molar-refractivity contribution in [1.82, 2.24) is 9.88 Å². The number of anilines is 1. The van der Waals surface area contributed by atoms with Gasteiger partial charge in [-0.05, 0) is 50.0 Å². The molecule has 1 N–H and O–H groups in total. The average molecular weight is 291 g/mol. The molecular formula is C16H25N3O2. The van der Waals surface area contributed by atoms with E-state index >= 15 is 0 Å². The minimum Gasteiger partial charge on any atom is -0.469 e. The van der Waals surface area contributed by atoms with E-state index in [1.165, 1.54) is 12.7 Å². The molecule has 1 aromatic rings. The molecule has 0 saturated carbocycles. The van der Waals surface area contributed by atoms with Crippen LogP contribution in [-0.4, -0.2) is 42.6 Å². The Kier molecular flexibility index (Phi) is 5.99. The molecule has 0 bridgehead atoms. The summed E-state index contributed by atoms with van der Waals surface area (Å²) in [5, 5.41) is 3.31. The van der Waals surface area contributed by atoms with Crippen LogP contribution in [0.15, 0.2) is 18.3 Å². The zero-order valence-corrected chi connectivity index (χ0v) is 13.0. The molecule has 0 amide bonds. The molecule has 1 aliphatic heterocycles. The van der Waals surface area contributed by atoms with Crippen LogP contribution in [0.1, 0.15) is 31.7 Å². The number of nitrogens with zero attached hydrogens (tertiary/aromatic N) is 2. The maximum Gasteiger partial charge on any atom is 0.308 e. The van der Waals surface area contributed by atoms with E-state index in [2.05, 4.69) is 34.3 Å². The van der Waals surface area contributed by atoms with Crippen LogP contribution in [0.5, 0.6) is 0 Å². The average Bonchev–Trinajstić information content (AvgIpc) is 2.53. The molecule has 0 aliphatic carbocycles. The number of esters is 1. The van der Waals surface area contributed by atoms with Crippen LogP contribution >= 0.6 is 0 Å². The van der Waals surface area contributed by atoms with Crippen LogP contribution < -0.4 is 5.32 Å². The molecule has 0 aromatic carbocycles. The monoisotopic (exact) mass is 291 g/mol. The lowest BCUT2D eigenvalue weighted by molar-refractivity contribution is -0.147. The summed E-state index contributed by atoms with van der Waals surface area (Å²) in [6.07, 6.45) is 4.72. The van der Waals surface area contributed by atoms with Gasteiger partial charge in [0.05, 0.1) is 13.0 Å². The molecule has 2 rings (SSSR count). The Bertz CT molecular complexity index is 457. The van der Waals surface area contributed by atoms with E-state index in [1.54, 1.807) is 0 Å². The predicted molar refractivity (Wildman–Crippen MR) is 83.0 cm³/mol. The molecule has 1 aliphatic rings. The summed E-state index contributed by atoms with van der Waals surface area (Å²) in [6, 6.07) is 4.17. The molecule has 1 aromatic heterocycles. The standard InChI is InChI=1S/C16H25N3O2/c1-3-7-17-15-11-13(4-8-18-15)12-19-9-5-14(6-10-19)16(20)21-2/h4,8,11,14H,3,5-7,9-10,12H2,1-2H3,(H,17,18). The number of aromatic nitrogens is 1. The Morgan fingerprint density at radius 1 is 1.48 bits per heavy atom. The van der Waals surface area contributed by atoms with Crippen LogP contribution in [0.3, 0.4) is 0 Å². The van der Waals surface area contributed by atoms with Crippen LogP contribution in [0.4, 0.5) is 5.82 Å². The molecule has 5 heteroatoms. The number of carbonyl (C=O) groups is 1. The van der Waals surface area contributed by atoms with Gasteiger partial charge < -0.3 is 10.1 Å². The van der Waals surface area contributed by atoms with Crippen molar-refractivity contribution in [3.63, 3.8) is 0 Å². The molecule has 2 heterocycles. The van der Waals surface area contributed by atoms with Crippen LogP contribution in [0, 0.1) is 5.92 Å². The number of methoxy groups -OCH3 is 1. The second-order valence-electron chi connectivity index (χ2n) is 5.55. The minimum atomic E-state index is -0.0652. The molecule has 1 fully saturated rings. The van der Waals surface area contributed by atoms with E-state index in [9.17, 15) is 4.79 Å². The van der Waals surface area contributed by atoms with Crippen molar-refractivity contribution in [3.8, 4) is 0 Å². The highest BCUT2D eigenvalue weighted by molar-refractivity contribution is 5.72. The first-order valence-corrected chi connectivity index (χ1v) is 7.72. The number of ether oxygens (including phenoxy) is 1. The van der Waals surface area contributed by atoms with Gasteiger partial charge >= 0.3 is 5.97 Å². The smallest absolute Gasteiger partial charge is 0.308 e. The molecule has 116 valence electrons. The van der Waals surface area contributed by atoms with Crippen molar-refractivity contribution in [2.24, 2.45) is 5.92 Å². The number of hydrogen-bond donors (Lipinski definition) is 1. The lowest BCUT2D eigenvalue weighted by Crippen LogP contribution is -2.36. The Hall–Kier alpha value is -1.62. The summed E-state index contributed by atoms with van der Waals surface area (Å²) in [4.78, 5) is 18.2. The number of likely N-dealkylation sites (tertiary alicyclic amines) is 1. The van der Waals surface area contributed by atoms with E-state index < -0.39 is 0 Å². The first-order valence-electron chi connectivity index (χ1n) is 7.72. The maximum absolute atomic E-state index is 11.5. The van der Waals surface area contributed by atoms with Crippen molar-refractivity contribution < 1.29 is 9.53 Å². The topological polar surface area (TPSA) is 54.5 Å². The van der Waals surface area contributed by atoms with E-state index in [4.69, 9.17) is 4.74 Å². The lowest BCUT2D eigenvalue weighted by Gasteiger charge is -2.30. The van der Waals surface area contributed by atoms with E-state index in [1.807, 2.05) is 6.20 Å². The molecule has 0 spiro atoms. The third-order valence-electron chi connectivity index (χ3n) is 3.91. The molecule has 1 saturated heterocycles. The number of pyridine rings is 1. The Morgan fingerprint density at radius 2 is 2.24 bits per heavy atom. The second-order valence-corrected chi connectivity index (χ2v) is 5.55. The van der Waals surface area contributed by atoms with Gasteiger partial charge in [-0.2, -0.15) is 0 Å². The van der Waals surface area contributed by atoms with Gasteiger partial charge in [-0.1, -0.05) is 6.92 Å². The fraction of sp³-hybridized carbons (Fsp3) is 0.625. The number of piperidine rings is 1. The Morgan fingerprint density at radius 3 is 2.90 bits per heavy atom. The summed E-state index contributed by atoms with van der Waals surface area (Å²) in [6.45, 7) is 5.89. The zero-order valence-electron chi connectivity index (χ0n) is 13.0. The lowest BCUT2D eigenvalue weighted by atomic mass is 9.97. The molecule has 0 radical (unpaired) electrons. The third kappa shape index (κ3) is 4.70. The summed E-state index contributed by atoms with van der Waals surface area (Å²) >= 11 is 0. The number of hydrogen-bond acceptors (Lipinski definition) is 5. The first kappa shape index (κ1) is 15.8. The van der Waals surface area contributed by atoms with Crippen molar-refractivity contribution >= 4 is 11.8 Å². The highest BCUT2D eigenvalue weighted by Crippen LogP contribution is 2.20. The van der Waals surface area contributed by atoms with Gasteiger partial charge in [0.2, 0.25) is 0 Å². The van der Waals surface area contributed by atoms with E-state index in [-0.39, 0.29) is 11.9 Å². The highest BCUT2D eigenvalue weighted by Gasteiger charge is 2.25. The fourth-order valence-electron chi connectivity index (χ4n) is 2.67. The van der Waals surface area contributed by atoms with Gasteiger partial charge in [0, 0.05) is 19.3 Å². The largest absolute Gasteiger partial charge is 0.469 e. The summed E-state index contributed by atoms with van der Waals surface area (Å²) in [5.74, 6) is 0.953. The highest BCUT2D eigenvalue weighted by atomic mass is 16.5. The van der Waals surface area contributed by atoms with Crippen molar-refractivity contribution in [1.29, 1.82) is 0 Å². The minimum absolute atomic E-state index is 0.0652. The van der Waals surface area contributed by atoms with Crippen LogP contribution in [0.25, 0.3) is 0 Å². The SMILES string of the molecule is CCCNc1cc(CN2CCC(C(=O)OC)CC2)ccn1. The van der Waals surface area contributed by atoms with Crippen molar-refractivity contribution in [2.75, 3.05) is 32.1 Å². The van der Waals surface area contributed by atoms with E-state index in [0.29, 0.717) is 0 Å². The van der Waals surface area contributed by atoms with Gasteiger partial charge in [0.1, 0.15) is 5.82 Å². The van der Waals surface area contributed by atoms with Crippen LogP contribution in [0.2, 0.25) is 0 Å². The number of rotatable bonds is 6. The normalized spacial score (nSPS) is 16.7. The summed E-state index contributed by atoms with van der Waals surface area (Å²) in [5.41, 5.74) is 1.26. The molecule has 5 nitrogen and oxygen atoms in total. The third-order valence-corrected chi connectivity index (χ3v) is 3.91. The summed E-state index contributed by atoms with van der Waals surface area (Å²) < 4.78 is 4.82. The molecular weight excluding hydrogens is 266 g/mol. The Balaban J connectivity index is 1.84. The van der Waals surface area contributed by atoms with Gasteiger partial charge in [-0.25, -0.2) is 4.98 Å². The quantitative estimate of drug-likeness (QED) is 0.815. The van der Waals surface area contributed by atoms with Gasteiger partial charge in [0.15, 0.2) is 0 Å². The zero-order chi connectivity index (χ0) is 15.1. The molecule has 21 heavy (non-hydrogen) atoms. The first-order chi connectivity index (χ1) is 10.2. The molecule has 0 unspecified atom stereocenters. The van der Waals surface area contributed by atoms with Gasteiger partial charge in [-0.15, -0.1) is 0 Å². The Labute approximate surface area is 126 Å².